The number of hydrogen-bond donors (Lipinski definition) is 8. The third-order valence-electron chi connectivity index (χ3n) is 10.9. The summed E-state index contributed by atoms with van der Waals surface area (Å²) in [6, 6.07) is 15.2. The van der Waals surface area contributed by atoms with Crippen molar-refractivity contribution in [1.29, 1.82) is 0 Å². The highest BCUT2D eigenvalue weighted by Gasteiger charge is 2.30. The van der Waals surface area contributed by atoms with Gasteiger partial charge in [-0.05, 0) is 109 Å². The molecular formula is C45H56N16O4S2. The highest BCUT2D eigenvalue weighted by atomic mass is 32.1. The third-order valence-corrected chi connectivity index (χ3v) is 12.6. The number of rotatable bonds is 13. The van der Waals surface area contributed by atoms with Crippen molar-refractivity contribution in [2.45, 2.75) is 116 Å². The molecule has 20 nitrogen and oxygen atoms in total. The molecule has 3 amide bonds. The molecule has 2 fully saturated rings. The Balaban J connectivity index is 0.000000203. The van der Waals surface area contributed by atoms with Gasteiger partial charge >= 0.3 is 6.09 Å². The molecule has 8 rings (SSSR count). The fourth-order valence-corrected chi connectivity index (χ4v) is 8.95. The van der Waals surface area contributed by atoms with E-state index >= 15 is 0 Å². The fourth-order valence-electron chi connectivity index (χ4n) is 7.55. The highest BCUT2D eigenvalue weighted by Crippen LogP contribution is 2.30. The number of aryl methyl sites for hydroxylation is 2. The van der Waals surface area contributed by atoms with Crippen molar-refractivity contribution in [3.05, 3.63) is 82.1 Å². The molecule has 2 aromatic carbocycles. The summed E-state index contributed by atoms with van der Waals surface area (Å²) >= 11 is 3.05. The maximum Gasteiger partial charge on any atom is 0.407 e. The van der Waals surface area contributed by atoms with Gasteiger partial charge in [0.2, 0.25) is 11.9 Å². The van der Waals surface area contributed by atoms with Crippen LogP contribution in [0.3, 0.4) is 0 Å². The Hall–Kier alpha value is -6.91. The zero-order chi connectivity index (χ0) is 47.7. The Morgan fingerprint density at radius 3 is 1.48 bits per heavy atom. The van der Waals surface area contributed by atoms with Crippen LogP contribution in [0.5, 0.6) is 0 Å². The summed E-state index contributed by atoms with van der Waals surface area (Å²) in [5.74, 6) is 0.152. The Kier molecular flexibility index (Phi) is 15.5. The van der Waals surface area contributed by atoms with Gasteiger partial charge in [-0.15, -0.1) is 20.4 Å². The molecule has 2 saturated carbocycles. The first-order valence-corrected chi connectivity index (χ1v) is 23.7. The van der Waals surface area contributed by atoms with E-state index in [0.29, 0.717) is 17.7 Å². The van der Waals surface area contributed by atoms with Gasteiger partial charge < -0.3 is 48.5 Å². The molecule has 6 aromatic rings. The van der Waals surface area contributed by atoms with E-state index in [4.69, 9.17) is 21.9 Å². The van der Waals surface area contributed by atoms with Gasteiger partial charge in [0.05, 0.1) is 6.04 Å². The van der Waals surface area contributed by atoms with Gasteiger partial charge in [0.25, 0.3) is 11.8 Å². The van der Waals surface area contributed by atoms with Crippen LogP contribution in [0.25, 0.3) is 21.1 Å². The summed E-state index contributed by atoms with van der Waals surface area (Å²) in [7, 11) is 0. The minimum atomic E-state index is -0.642. The molecule has 0 spiro atoms. The van der Waals surface area contributed by atoms with E-state index in [1.807, 2.05) is 83.1 Å². The van der Waals surface area contributed by atoms with Crippen LogP contribution in [-0.4, -0.2) is 88.0 Å². The summed E-state index contributed by atoms with van der Waals surface area (Å²) in [5, 5.41) is 35.9. The van der Waals surface area contributed by atoms with Crippen molar-refractivity contribution in [2.24, 2.45) is 17.2 Å². The number of anilines is 6. The Morgan fingerprint density at radius 1 is 0.627 bits per heavy atom. The number of carbonyl (C=O) groups excluding carboxylic acids is 3. The highest BCUT2D eigenvalue weighted by molar-refractivity contribution is 7.14. The molecule has 4 aromatic heterocycles. The first kappa shape index (κ1) is 48.0. The topological polar surface area (TPSA) is 302 Å². The van der Waals surface area contributed by atoms with Crippen LogP contribution in [0.2, 0.25) is 0 Å². The second kappa shape index (κ2) is 21.6. The lowest BCUT2D eigenvalue weighted by atomic mass is 9.90. The van der Waals surface area contributed by atoms with Crippen molar-refractivity contribution in [3.63, 3.8) is 0 Å². The molecule has 22 heteroatoms. The van der Waals surface area contributed by atoms with Gasteiger partial charge in [0.15, 0.2) is 0 Å². The maximum absolute atomic E-state index is 12.4. The largest absolute Gasteiger partial charge is 0.444 e. The Labute approximate surface area is 396 Å². The normalized spacial score (nSPS) is 18.1. The van der Waals surface area contributed by atoms with Gasteiger partial charge in [-0.2, -0.15) is 9.97 Å². The van der Waals surface area contributed by atoms with Crippen LogP contribution in [0.4, 0.5) is 39.7 Å². The maximum atomic E-state index is 12.4. The molecule has 4 atom stereocenters. The second-order valence-corrected chi connectivity index (χ2v) is 19.6. The molecule has 0 saturated heterocycles. The summed E-state index contributed by atoms with van der Waals surface area (Å²) in [4.78, 5) is 53.9. The summed E-state index contributed by atoms with van der Waals surface area (Å²) in [6.07, 6.45) is 10.2. The van der Waals surface area contributed by atoms with Gasteiger partial charge in [-0.25, -0.2) is 14.8 Å². The lowest BCUT2D eigenvalue weighted by Crippen LogP contribution is -2.50. The molecule has 352 valence electrons. The molecule has 2 aliphatic rings. The molecular weight excluding hydrogens is 893 g/mol. The molecule has 4 heterocycles. The van der Waals surface area contributed by atoms with Crippen molar-refractivity contribution in [1.82, 2.24) is 45.6 Å². The standard InChI is InChI=1S/C25H32N8O3S.C20H24N8OS/c1-14-32-33-22(37-14)15-9-11-16(12-10-15)28-21-17(20(26)34)13-27-23(31-21)29-18-7-5-6-8-19(18)30-24(35)36-25(2,3)4;1-11-27-28-19(30-11)12-6-8-13(9-7-12)24-18-14(17(22)29)10-23-20(26-18)25-16-5-3-2-4-15(16)21/h9-13,18-19H,5-8H2,1-4H3,(H2,26,34)(H,30,35)(H2,27,28,29,31);6-10,15-16H,2-5,21H2,1H3,(H2,22,29)(H2,23,24,25,26)/t18-,19+;15-,16+/m10/s1. The van der Waals surface area contributed by atoms with Crippen molar-refractivity contribution in [2.75, 3.05) is 21.3 Å². The van der Waals surface area contributed by atoms with Crippen LogP contribution in [0.15, 0.2) is 60.9 Å². The van der Waals surface area contributed by atoms with Crippen LogP contribution in [-0.2, 0) is 4.74 Å². The van der Waals surface area contributed by atoms with Crippen LogP contribution >= 0.6 is 22.7 Å². The van der Waals surface area contributed by atoms with Crippen LogP contribution < -0.4 is 43.8 Å². The number of ether oxygens (including phenoxy) is 1. The van der Waals surface area contributed by atoms with Gasteiger partial charge in [0.1, 0.15) is 48.4 Å². The zero-order valence-corrected chi connectivity index (χ0v) is 39.6. The number of primary amides is 2. The minimum absolute atomic E-state index is 0.0612. The van der Waals surface area contributed by atoms with E-state index < -0.39 is 23.5 Å². The van der Waals surface area contributed by atoms with E-state index in [1.165, 1.54) is 35.1 Å². The Morgan fingerprint density at radius 2 is 1.06 bits per heavy atom. The quantitative estimate of drug-likeness (QED) is 0.0566. The van der Waals surface area contributed by atoms with Gasteiger partial charge in [-0.3, -0.25) is 9.59 Å². The molecule has 0 aliphatic heterocycles. The fraction of sp³-hybridized carbons (Fsp3) is 0.400. The average Bonchev–Trinajstić information content (AvgIpc) is 3.93. The predicted molar refractivity (Wildman–Crippen MR) is 261 cm³/mol. The lowest BCUT2D eigenvalue weighted by molar-refractivity contribution is 0.0488. The summed E-state index contributed by atoms with van der Waals surface area (Å²) in [6.45, 7) is 9.32. The lowest BCUT2D eigenvalue weighted by Gasteiger charge is -2.33. The van der Waals surface area contributed by atoms with E-state index in [-0.39, 0.29) is 41.1 Å². The average molecular weight is 949 g/mol. The number of nitrogens with one attached hydrogen (secondary N) is 5. The molecule has 0 bridgehead atoms. The first-order valence-electron chi connectivity index (χ1n) is 22.0. The van der Waals surface area contributed by atoms with Crippen molar-refractivity contribution < 1.29 is 19.1 Å². The summed E-state index contributed by atoms with van der Waals surface area (Å²) in [5.41, 5.74) is 20.5. The molecule has 0 unspecified atom stereocenters. The van der Waals surface area contributed by atoms with E-state index in [2.05, 4.69) is 66.9 Å². The monoisotopic (exact) mass is 948 g/mol. The number of amides is 3. The molecule has 2 aliphatic carbocycles. The number of carbonyl (C=O) groups is 3. The second-order valence-electron chi connectivity index (χ2n) is 17.3. The molecule has 11 N–H and O–H groups in total. The molecule has 0 radical (unpaired) electrons. The number of hydrogen-bond acceptors (Lipinski definition) is 19. The number of alkyl carbamates (subject to hydrolysis) is 1. The summed E-state index contributed by atoms with van der Waals surface area (Å²) < 4.78 is 5.43. The SMILES string of the molecule is Cc1nnc(-c2ccc(Nc3nc(N[C@@H]4CCCC[C@@H]4N)ncc3C(N)=O)cc2)s1.Cc1nnc(-c2ccc(Nc3nc(N[C@@H]4CCCC[C@@H]4NC(=O)OC(C)(C)C)ncc3C(N)=O)cc2)s1. The van der Waals surface area contributed by atoms with Gasteiger partial charge in [0, 0.05) is 53.0 Å². The van der Waals surface area contributed by atoms with Crippen molar-refractivity contribution in [3.8, 4) is 21.1 Å². The number of nitrogens with zero attached hydrogens (tertiary/aromatic N) is 8. The minimum Gasteiger partial charge on any atom is -0.444 e. The van der Waals surface area contributed by atoms with Crippen molar-refractivity contribution >= 4 is 75.5 Å². The first-order chi connectivity index (χ1) is 32.1. The van der Waals surface area contributed by atoms with Crippen LogP contribution in [0, 0.1) is 13.8 Å². The zero-order valence-electron chi connectivity index (χ0n) is 38.0. The van der Waals surface area contributed by atoms with E-state index in [1.54, 1.807) is 0 Å². The molecule has 67 heavy (non-hydrogen) atoms. The van der Waals surface area contributed by atoms with E-state index in [0.717, 1.165) is 93.9 Å². The smallest absolute Gasteiger partial charge is 0.407 e. The van der Waals surface area contributed by atoms with Crippen LogP contribution in [0.1, 0.15) is 103 Å². The number of benzene rings is 2. The Bertz CT molecular complexity index is 2650. The third kappa shape index (κ3) is 13.4. The van der Waals surface area contributed by atoms with Gasteiger partial charge in [-0.1, -0.05) is 48.4 Å². The van der Waals surface area contributed by atoms with E-state index in [9.17, 15) is 14.4 Å². The number of nitrogens with two attached hydrogens (primary N) is 3. The predicted octanol–water partition coefficient (Wildman–Crippen LogP) is 7.22. The number of aromatic nitrogens is 8.